The highest BCUT2D eigenvalue weighted by molar-refractivity contribution is 6.06. The molecule has 0 aromatic carbocycles. The summed E-state index contributed by atoms with van der Waals surface area (Å²) in [6, 6.07) is 0. The molecule has 0 aromatic heterocycles. The van der Waals surface area contributed by atoms with Crippen molar-refractivity contribution in [2.75, 3.05) is 7.05 Å². The van der Waals surface area contributed by atoms with Gasteiger partial charge < -0.3 is 5.84 Å². The van der Waals surface area contributed by atoms with Crippen molar-refractivity contribution < 1.29 is 0 Å². The van der Waals surface area contributed by atoms with E-state index in [4.69, 9.17) is 5.84 Å². The standard InChI is InChI=1S/C7H13N3/c1-9-6-3-2-4-7(5-6)10-8/h2-5,8H2,1H3/b9-6-,10-7+. The third kappa shape index (κ3) is 1.56. The van der Waals surface area contributed by atoms with Crippen LogP contribution in [0.3, 0.4) is 0 Å². The van der Waals surface area contributed by atoms with E-state index in [0.29, 0.717) is 0 Å². The second-order valence-electron chi connectivity index (χ2n) is 2.52. The van der Waals surface area contributed by atoms with Gasteiger partial charge in [0, 0.05) is 24.9 Å². The first-order valence-corrected chi connectivity index (χ1v) is 3.57. The molecule has 2 N–H and O–H groups in total. The van der Waals surface area contributed by atoms with Crippen LogP contribution in [0.25, 0.3) is 0 Å². The van der Waals surface area contributed by atoms with Crippen molar-refractivity contribution in [1.82, 2.24) is 0 Å². The molecular formula is C7H13N3. The van der Waals surface area contributed by atoms with Gasteiger partial charge in [0.25, 0.3) is 0 Å². The van der Waals surface area contributed by atoms with Crippen LogP contribution in [-0.2, 0) is 0 Å². The molecular weight excluding hydrogens is 126 g/mol. The predicted octanol–water partition coefficient (Wildman–Crippen LogP) is 0.946. The van der Waals surface area contributed by atoms with Gasteiger partial charge in [-0.15, -0.1) is 0 Å². The Morgan fingerprint density at radius 2 is 2.00 bits per heavy atom. The summed E-state index contributed by atoms with van der Waals surface area (Å²) in [4.78, 5) is 4.13. The van der Waals surface area contributed by atoms with Crippen molar-refractivity contribution in [3.63, 3.8) is 0 Å². The molecule has 1 aliphatic rings. The molecule has 0 unspecified atom stereocenters. The molecule has 0 aliphatic heterocycles. The summed E-state index contributed by atoms with van der Waals surface area (Å²) in [6.45, 7) is 0. The maximum Gasteiger partial charge on any atom is 0.0431 e. The van der Waals surface area contributed by atoms with Gasteiger partial charge >= 0.3 is 0 Å². The van der Waals surface area contributed by atoms with E-state index in [1.165, 1.54) is 5.71 Å². The molecule has 1 rings (SSSR count). The lowest BCUT2D eigenvalue weighted by Crippen LogP contribution is -2.15. The first-order valence-electron chi connectivity index (χ1n) is 3.57. The normalized spacial score (nSPS) is 27.7. The summed E-state index contributed by atoms with van der Waals surface area (Å²) >= 11 is 0. The van der Waals surface area contributed by atoms with Crippen LogP contribution in [0.15, 0.2) is 10.1 Å². The number of nitrogens with two attached hydrogens (primary N) is 1. The minimum absolute atomic E-state index is 0.896. The lowest BCUT2D eigenvalue weighted by atomic mass is 9.96. The van der Waals surface area contributed by atoms with Crippen molar-refractivity contribution in [1.29, 1.82) is 0 Å². The quantitative estimate of drug-likeness (QED) is 0.394. The number of hydrogen-bond donors (Lipinski definition) is 1. The highest BCUT2D eigenvalue weighted by Crippen LogP contribution is 2.12. The number of hydrazone groups is 1. The summed E-state index contributed by atoms with van der Waals surface area (Å²) in [5.41, 5.74) is 2.32. The average molecular weight is 139 g/mol. The van der Waals surface area contributed by atoms with Crippen LogP contribution >= 0.6 is 0 Å². The van der Waals surface area contributed by atoms with Crippen LogP contribution in [0.2, 0.25) is 0 Å². The zero-order chi connectivity index (χ0) is 7.40. The van der Waals surface area contributed by atoms with E-state index >= 15 is 0 Å². The van der Waals surface area contributed by atoms with Gasteiger partial charge in [-0.05, 0) is 19.3 Å². The second-order valence-corrected chi connectivity index (χ2v) is 2.52. The molecule has 0 spiro atoms. The molecule has 0 atom stereocenters. The van der Waals surface area contributed by atoms with E-state index in [9.17, 15) is 0 Å². The Labute approximate surface area is 61.0 Å². The van der Waals surface area contributed by atoms with Gasteiger partial charge in [0.2, 0.25) is 0 Å². The molecule has 56 valence electrons. The fourth-order valence-corrected chi connectivity index (χ4v) is 1.21. The fraction of sp³-hybridized carbons (Fsp3) is 0.714. The second kappa shape index (κ2) is 3.34. The number of nitrogens with zero attached hydrogens (tertiary/aromatic N) is 2. The fourth-order valence-electron chi connectivity index (χ4n) is 1.21. The minimum Gasteiger partial charge on any atom is -0.323 e. The maximum absolute atomic E-state index is 5.15. The molecule has 0 saturated heterocycles. The molecule has 0 bridgehead atoms. The van der Waals surface area contributed by atoms with Gasteiger partial charge in [-0.3, -0.25) is 4.99 Å². The Morgan fingerprint density at radius 3 is 2.60 bits per heavy atom. The van der Waals surface area contributed by atoms with Crippen LogP contribution in [0, 0.1) is 0 Å². The highest BCUT2D eigenvalue weighted by Gasteiger charge is 2.11. The topological polar surface area (TPSA) is 50.7 Å². The molecule has 1 fully saturated rings. The van der Waals surface area contributed by atoms with E-state index in [-0.39, 0.29) is 0 Å². The van der Waals surface area contributed by atoms with Crippen LogP contribution < -0.4 is 5.84 Å². The van der Waals surface area contributed by atoms with Crippen LogP contribution in [0.5, 0.6) is 0 Å². The third-order valence-corrected chi connectivity index (χ3v) is 1.84. The Morgan fingerprint density at radius 1 is 1.30 bits per heavy atom. The van der Waals surface area contributed by atoms with E-state index in [1.807, 2.05) is 7.05 Å². The molecule has 0 heterocycles. The predicted molar refractivity (Wildman–Crippen MR) is 43.4 cm³/mol. The molecule has 0 radical (unpaired) electrons. The summed E-state index contributed by atoms with van der Waals surface area (Å²) in [7, 11) is 1.83. The van der Waals surface area contributed by atoms with Crippen molar-refractivity contribution in [2.45, 2.75) is 25.7 Å². The van der Waals surface area contributed by atoms with E-state index in [0.717, 1.165) is 31.4 Å². The number of hydrogen-bond acceptors (Lipinski definition) is 3. The Balaban J connectivity index is 2.56. The van der Waals surface area contributed by atoms with Gasteiger partial charge in [0.15, 0.2) is 0 Å². The first kappa shape index (κ1) is 7.25. The van der Waals surface area contributed by atoms with Crippen molar-refractivity contribution in [3.8, 4) is 0 Å². The monoisotopic (exact) mass is 139 g/mol. The zero-order valence-corrected chi connectivity index (χ0v) is 6.30. The number of aliphatic imine (C=N–C) groups is 1. The summed E-state index contributed by atoms with van der Waals surface area (Å²) < 4.78 is 0. The first-order chi connectivity index (χ1) is 4.86. The van der Waals surface area contributed by atoms with E-state index in [2.05, 4.69) is 10.1 Å². The summed E-state index contributed by atoms with van der Waals surface area (Å²) in [5.74, 6) is 5.15. The minimum atomic E-state index is 0.896. The van der Waals surface area contributed by atoms with Gasteiger partial charge in [-0.1, -0.05) is 0 Å². The van der Waals surface area contributed by atoms with Gasteiger partial charge in [0.1, 0.15) is 0 Å². The largest absolute Gasteiger partial charge is 0.323 e. The Hall–Kier alpha value is -0.860. The maximum atomic E-state index is 5.15. The lowest BCUT2D eigenvalue weighted by molar-refractivity contribution is 0.865. The van der Waals surface area contributed by atoms with E-state index < -0.39 is 0 Å². The highest BCUT2D eigenvalue weighted by atomic mass is 15.1. The average Bonchev–Trinajstić information content (AvgIpc) is 2.05. The summed E-state index contributed by atoms with van der Waals surface area (Å²) in [6.07, 6.45) is 4.22. The molecule has 10 heavy (non-hydrogen) atoms. The Bertz CT molecular complexity index is 152. The molecule has 0 aromatic rings. The SMILES string of the molecule is C/N=C1/CCC/C(=N\N)C1. The van der Waals surface area contributed by atoms with Crippen LogP contribution in [0.4, 0.5) is 0 Å². The van der Waals surface area contributed by atoms with Crippen molar-refractivity contribution >= 4 is 11.4 Å². The van der Waals surface area contributed by atoms with E-state index in [1.54, 1.807) is 0 Å². The smallest absolute Gasteiger partial charge is 0.0431 e. The molecule has 3 heteroatoms. The van der Waals surface area contributed by atoms with Gasteiger partial charge in [-0.2, -0.15) is 5.10 Å². The molecule has 0 amide bonds. The molecule has 3 nitrogen and oxygen atoms in total. The van der Waals surface area contributed by atoms with Gasteiger partial charge in [-0.25, -0.2) is 0 Å². The lowest BCUT2D eigenvalue weighted by Gasteiger charge is -2.13. The van der Waals surface area contributed by atoms with Crippen LogP contribution in [0.1, 0.15) is 25.7 Å². The third-order valence-electron chi connectivity index (χ3n) is 1.84. The number of rotatable bonds is 0. The van der Waals surface area contributed by atoms with Crippen molar-refractivity contribution in [3.05, 3.63) is 0 Å². The van der Waals surface area contributed by atoms with Gasteiger partial charge in [0.05, 0.1) is 0 Å². The summed E-state index contributed by atoms with van der Waals surface area (Å²) in [5, 5.41) is 3.68. The molecule has 1 saturated carbocycles. The van der Waals surface area contributed by atoms with Crippen LogP contribution in [-0.4, -0.2) is 18.5 Å². The molecule has 1 aliphatic carbocycles. The zero-order valence-electron chi connectivity index (χ0n) is 6.30. The van der Waals surface area contributed by atoms with Crippen molar-refractivity contribution in [2.24, 2.45) is 15.9 Å². The Kier molecular flexibility index (Phi) is 2.42.